The van der Waals surface area contributed by atoms with Gasteiger partial charge in [-0.2, -0.15) is 10.2 Å². The number of nitrogens with zero attached hydrogens (tertiary/aromatic N) is 11. The molecule has 9 rings (SSSR count). The summed E-state index contributed by atoms with van der Waals surface area (Å²) in [5.41, 5.74) is 15.6. The minimum atomic E-state index is -0.184. The van der Waals surface area contributed by atoms with Gasteiger partial charge in [-0.15, -0.1) is 12.4 Å². The number of carbonyl (C=O) groups excluding carboxylic acids is 3. The van der Waals surface area contributed by atoms with Gasteiger partial charge in [-0.25, -0.2) is 19.9 Å². The maximum Gasteiger partial charge on any atom is 0.244 e. The van der Waals surface area contributed by atoms with Crippen molar-refractivity contribution in [3.8, 4) is 22.5 Å². The van der Waals surface area contributed by atoms with E-state index in [9.17, 15) is 14.4 Å². The third kappa shape index (κ3) is 11.2. The summed E-state index contributed by atoms with van der Waals surface area (Å²) in [4.78, 5) is 59.1. The van der Waals surface area contributed by atoms with Crippen molar-refractivity contribution in [1.82, 2.24) is 54.2 Å². The topological polar surface area (TPSA) is 207 Å². The first-order valence-corrected chi connectivity index (χ1v) is 21.7. The molecule has 18 nitrogen and oxygen atoms in total. The number of carbonyl (C=O) groups is 3. The van der Waals surface area contributed by atoms with Crippen LogP contribution in [0.25, 0.3) is 22.5 Å². The van der Waals surface area contributed by atoms with Gasteiger partial charge in [-0.05, 0) is 75.4 Å². The third-order valence-electron chi connectivity index (χ3n) is 11.6. The first-order valence-electron chi connectivity index (χ1n) is 21.7. The Morgan fingerprint density at radius 3 is 1.64 bits per heavy atom. The minimum absolute atomic E-state index is 0. The lowest BCUT2D eigenvalue weighted by molar-refractivity contribution is -0.157. The van der Waals surface area contributed by atoms with E-state index in [0.717, 1.165) is 56.2 Å². The highest BCUT2D eigenvalue weighted by atomic mass is 35.5. The molecule has 1 saturated heterocycles. The Morgan fingerprint density at radius 2 is 1.18 bits per heavy atom. The molecule has 0 aliphatic carbocycles. The smallest absolute Gasteiger partial charge is 0.244 e. The molecule has 3 amide bonds. The van der Waals surface area contributed by atoms with Gasteiger partial charge in [0.15, 0.2) is 11.6 Å². The van der Waals surface area contributed by atoms with Crippen LogP contribution in [-0.2, 0) is 58.3 Å². The number of likely N-dealkylation sites (N-methyl/N-ethyl adjacent to an activating group) is 2. The summed E-state index contributed by atoms with van der Waals surface area (Å²) in [6, 6.07) is 20.0. The molecule has 4 N–H and O–H groups in total. The fourth-order valence-electron chi connectivity index (χ4n) is 7.99. The number of ether oxygens (including phenoxy) is 1. The second-order valence-electron chi connectivity index (χ2n) is 17.8. The molecule has 0 spiro atoms. The highest BCUT2D eigenvalue weighted by Crippen LogP contribution is 2.27. The molecule has 4 aromatic heterocycles. The number of fused-ring (bicyclic) bond motifs is 2. The molecule has 0 bridgehead atoms. The van der Waals surface area contributed by atoms with Crippen molar-refractivity contribution in [3.05, 3.63) is 107 Å². The summed E-state index contributed by atoms with van der Waals surface area (Å²) in [7, 11) is 3.58. The van der Waals surface area contributed by atoms with E-state index in [0.29, 0.717) is 68.8 Å². The predicted octanol–water partition coefficient (Wildman–Crippen LogP) is 5.57. The van der Waals surface area contributed by atoms with Crippen molar-refractivity contribution < 1.29 is 19.1 Å². The average molecular weight is 918 g/mol. The fraction of sp³-hybridized carbons (Fsp3) is 0.383. The Morgan fingerprint density at radius 1 is 0.697 bits per heavy atom. The van der Waals surface area contributed by atoms with Crippen LogP contribution in [0, 0.1) is 13.8 Å². The fourth-order valence-corrected chi connectivity index (χ4v) is 7.99. The van der Waals surface area contributed by atoms with Crippen LogP contribution in [-0.4, -0.2) is 111 Å². The Kier molecular flexibility index (Phi) is 14.1. The lowest BCUT2D eigenvalue weighted by atomic mass is 9.99. The van der Waals surface area contributed by atoms with Gasteiger partial charge in [0.25, 0.3) is 0 Å². The summed E-state index contributed by atoms with van der Waals surface area (Å²) < 4.78 is 9.38. The molecular formula is C47H57ClN14O4. The van der Waals surface area contributed by atoms with Crippen molar-refractivity contribution in [2.45, 2.75) is 91.9 Å². The van der Waals surface area contributed by atoms with E-state index in [-0.39, 0.29) is 54.9 Å². The van der Waals surface area contributed by atoms with Crippen LogP contribution in [0.3, 0.4) is 0 Å². The summed E-state index contributed by atoms with van der Waals surface area (Å²) in [6.07, 6.45) is 4.37. The van der Waals surface area contributed by atoms with Gasteiger partial charge in [0, 0.05) is 75.5 Å². The molecule has 7 heterocycles. The van der Waals surface area contributed by atoms with Crippen LogP contribution in [0.4, 0.5) is 23.3 Å². The van der Waals surface area contributed by atoms with Gasteiger partial charge in [0.05, 0.1) is 47.6 Å². The number of amides is 3. The summed E-state index contributed by atoms with van der Waals surface area (Å²) in [5.74, 6) is 2.84. The van der Waals surface area contributed by atoms with E-state index in [4.69, 9.17) is 10.5 Å². The largest absolute Gasteiger partial charge is 0.369 e. The molecule has 66 heavy (non-hydrogen) atoms. The first kappa shape index (κ1) is 47.2. The second kappa shape index (κ2) is 19.8. The third-order valence-corrected chi connectivity index (χ3v) is 11.6. The van der Waals surface area contributed by atoms with Crippen molar-refractivity contribution in [2.24, 2.45) is 5.73 Å². The maximum atomic E-state index is 12.6. The number of rotatable bonds is 11. The number of aromatic nitrogens is 8. The van der Waals surface area contributed by atoms with Gasteiger partial charge >= 0.3 is 0 Å². The van der Waals surface area contributed by atoms with E-state index in [1.54, 1.807) is 33.3 Å². The standard InChI is InChI=1S/C28H35N7O3.C19H21N7O.ClH/c1-18-10-20(7-6-19(18)8-9-26(36)34-14-22(15-34)38-28(2,3)4)23-12-24(30-17-29-23)31-25-11-21-13-33(5)27(37)16-35(21)32-25;1-12-5-13(3-4-14(12)8-20)16-7-17(22-11-21-16)23-18-6-15-9-25(2)19(27)10-26(15)24-18;/h6-7,10-12,17,22H,8-9,13-16H2,1-5H3,(H,29,30,31,32);3-7,11H,8-10,20H2,1-2H3,(H,21,22,23,24);1H. The van der Waals surface area contributed by atoms with Crippen LogP contribution >= 0.6 is 12.4 Å². The van der Waals surface area contributed by atoms with Gasteiger partial charge < -0.3 is 35.8 Å². The lowest BCUT2D eigenvalue weighted by Crippen LogP contribution is -2.56. The average Bonchev–Trinajstić information content (AvgIpc) is 3.82. The molecule has 3 aliphatic heterocycles. The number of hydrogen-bond acceptors (Lipinski definition) is 13. The minimum Gasteiger partial charge on any atom is -0.369 e. The molecule has 6 aromatic rings. The second-order valence-corrected chi connectivity index (χ2v) is 17.8. The number of hydrogen-bond donors (Lipinski definition) is 3. The Bertz CT molecular complexity index is 2740. The summed E-state index contributed by atoms with van der Waals surface area (Å²) in [5, 5.41) is 15.4. The van der Waals surface area contributed by atoms with Gasteiger partial charge in [-0.3, -0.25) is 23.7 Å². The van der Waals surface area contributed by atoms with Crippen molar-refractivity contribution in [1.29, 1.82) is 0 Å². The van der Waals surface area contributed by atoms with E-state index in [1.807, 2.05) is 75.1 Å². The molecule has 2 aromatic carbocycles. The molecule has 0 saturated carbocycles. The van der Waals surface area contributed by atoms with Crippen LogP contribution in [0.5, 0.6) is 0 Å². The van der Waals surface area contributed by atoms with E-state index in [1.165, 1.54) is 12.7 Å². The predicted molar refractivity (Wildman–Crippen MR) is 253 cm³/mol. The Hall–Kier alpha value is -6.76. The summed E-state index contributed by atoms with van der Waals surface area (Å²) in [6.45, 7) is 13.7. The normalized spacial score (nSPS) is 14.7. The van der Waals surface area contributed by atoms with Gasteiger partial charge in [-0.1, -0.05) is 24.3 Å². The first-order chi connectivity index (χ1) is 31.1. The maximum absolute atomic E-state index is 12.6. The highest BCUT2D eigenvalue weighted by molar-refractivity contribution is 5.85. The number of likely N-dealkylation sites (tertiary alicyclic amines) is 1. The van der Waals surface area contributed by atoms with Crippen LogP contribution in [0.1, 0.15) is 60.8 Å². The van der Waals surface area contributed by atoms with E-state index in [2.05, 4.69) is 65.9 Å². The van der Waals surface area contributed by atoms with Gasteiger partial charge in [0.2, 0.25) is 17.7 Å². The zero-order chi connectivity index (χ0) is 46.0. The molecule has 0 radical (unpaired) electrons. The zero-order valence-electron chi connectivity index (χ0n) is 38.4. The zero-order valence-corrected chi connectivity index (χ0v) is 39.2. The molecule has 0 unspecified atom stereocenters. The molecule has 0 atom stereocenters. The number of aryl methyl sites for hydroxylation is 3. The molecular weight excluding hydrogens is 860 g/mol. The van der Waals surface area contributed by atoms with Crippen molar-refractivity contribution >= 4 is 53.4 Å². The number of benzene rings is 2. The van der Waals surface area contributed by atoms with E-state index < -0.39 is 0 Å². The summed E-state index contributed by atoms with van der Waals surface area (Å²) >= 11 is 0. The molecule has 3 aliphatic rings. The number of nitrogens with two attached hydrogens (primary N) is 1. The van der Waals surface area contributed by atoms with E-state index >= 15 is 0 Å². The van der Waals surface area contributed by atoms with Crippen LogP contribution < -0.4 is 16.4 Å². The lowest BCUT2D eigenvalue weighted by Gasteiger charge is -2.42. The van der Waals surface area contributed by atoms with Gasteiger partial charge in [0.1, 0.15) is 37.4 Å². The molecule has 346 valence electrons. The van der Waals surface area contributed by atoms with Crippen molar-refractivity contribution in [3.63, 3.8) is 0 Å². The number of nitrogens with one attached hydrogen (secondary N) is 2. The Labute approximate surface area is 390 Å². The molecule has 1 fully saturated rings. The Balaban J connectivity index is 0.000000204. The van der Waals surface area contributed by atoms with Crippen LogP contribution in [0.15, 0.2) is 73.3 Å². The SMILES string of the molecule is Cc1cc(-c2cc(Nc3cc4n(n3)CC(=O)N(C)C4)ncn2)ccc1CCC(=O)N1CC(OC(C)(C)C)C1.Cc1cc(-c2cc(Nc3cc4n(n3)CC(=O)N(C)C4)ncn2)ccc1CN.Cl. The monoisotopic (exact) mass is 916 g/mol. The number of halogens is 1. The molecule has 19 heteroatoms. The van der Waals surface area contributed by atoms with Crippen LogP contribution in [0.2, 0.25) is 0 Å². The van der Waals surface area contributed by atoms with Crippen molar-refractivity contribution in [2.75, 3.05) is 37.8 Å². The number of anilines is 4. The quantitative estimate of drug-likeness (QED) is 0.146. The highest BCUT2D eigenvalue weighted by Gasteiger charge is 2.34.